The minimum Gasteiger partial charge on any atom is -0.759 e. The van der Waals surface area contributed by atoms with Crippen molar-refractivity contribution >= 4 is 31.2 Å². The van der Waals surface area contributed by atoms with Crippen LogP contribution < -0.4 is 177 Å². The van der Waals surface area contributed by atoms with Crippen molar-refractivity contribution in [2.75, 3.05) is 0 Å². The topological polar surface area (TPSA) is 241 Å². The molecule has 0 radical (unpaired) electrons. The predicted octanol–water partition coefficient (Wildman–Crippen LogP) is -22.0. The van der Waals surface area contributed by atoms with Crippen molar-refractivity contribution in [2.24, 2.45) is 0 Å². The molecule has 0 unspecified atom stereocenters. The van der Waals surface area contributed by atoms with Crippen molar-refractivity contribution in [3.05, 3.63) is 0 Å². The van der Waals surface area contributed by atoms with E-state index in [1.807, 2.05) is 0 Å². The molecule has 0 fully saturated rings. The Morgan fingerprint density at radius 1 is 0.333 bits per heavy atom. The van der Waals surface area contributed by atoms with Crippen LogP contribution in [0, 0.1) is 0 Å². The molecule has 0 aliphatic heterocycles. The van der Waals surface area contributed by atoms with E-state index in [0.717, 1.165) is 0 Å². The van der Waals surface area contributed by atoms with Gasteiger partial charge in [-0.3, -0.25) is 25.3 Å². The molecule has 96 valence electrons. The van der Waals surface area contributed by atoms with Crippen molar-refractivity contribution in [1.29, 1.82) is 0 Å². The maximum Gasteiger partial charge on any atom is 1.00 e. The van der Waals surface area contributed by atoms with Crippen LogP contribution in [0.2, 0.25) is 0 Å². The first-order valence-electron chi connectivity index (χ1n) is 2.00. The smallest absolute Gasteiger partial charge is 0.759 e. The van der Waals surface area contributed by atoms with Gasteiger partial charge in [0.2, 0.25) is 0 Å². The molecule has 12 nitrogen and oxygen atoms in total. The zero-order valence-corrected chi connectivity index (χ0v) is 26.6. The minimum absolute atomic E-state index is 0. The first-order valence-corrected chi connectivity index (χ1v) is 6.00. The summed E-state index contributed by atoms with van der Waals surface area (Å²) in [5.41, 5.74) is 0. The first kappa shape index (κ1) is 56.3. The summed E-state index contributed by atoms with van der Waals surface area (Å²) in [6.45, 7) is 0. The molecule has 21 heavy (non-hydrogen) atoms. The molecule has 0 saturated heterocycles. The van der Waals surface area contributed by atoms with Crippen LogP contribution in [0.3, 0.4) is 0 Å². The zero-order chi connectivity index (χ0) is 13.5. The third kappa shape index (κ3) is 454. The molecule has 0 aromatic rings. The third-order valence-corrected chi connectivity index (χ3v) is 0. The Morgan fingerprint density at radius 2 is 0.333 bits per heavy atom. The van der Waals surface area contributed by atoms with E-state index in [1.54, 1.807) is 0 Å². The van der Waals surface area contributed by atoms with Gasteiger partial charge in [-0.2, -0.15) is 0 Å². The summed E-state index contributed by atoms with van der Waals surface area (Å²) < 4.78 is 102. The zero-order valence-electron chi connectivity index (χ0n) is 12.1. The van der Waals surface area contributed by atoms with Gasteiger partial charge in [-0.25, -0.2) is 0 Å². The maximum atomic E-state index is 8.52. The molecule has 0 aromatic carbocycles. The van der Waals surface area contributed by atoms with Gasteiger partial charge in [0.25, 0.3) is 0 Å². The fourth-order valence-corrected chi connectivity index (χ4v) is 0. The molecule has 0 heterocycles. The van der Waals surface area contributed by atoms with E-state index in [-0.39, 0.29) is 177 Å². The SMILES string of the molecule is O=S(=O)([O-])[O-].O=S(=O)([O-])[O-].O=S(=O)([O-])[O-].[Na+].[Na+].[Na+].[Na+].[Na+].[Na+]. The van der Waals surface area contributed by atoms with Crippen molar-refractivity contribution < 1.29 is 230 Å². The molecule has 0 atom stereocenters. The van der Waals surface area contributed by atoms with E-state index in [0.29, 0.717) is 0 Å². The van der Waals surface area contributed by atoms with Gasteiger partial charge in [0.05, 0.1) is 0 Å². The molecule has 0 amide bonds. The van der Waals surface area contributed by atoms with Gasteiger partial charge >= 0.3 is 177 Å². The molecule has 0 bridgehead atoms. The Balaban J connectivity index is -0.0000000129. The van der Waals surface area contributed by atoms with E-state index in [1.165, 1.54) is 0 Å². The van der Waals surface area contributed by atoms with E-state index in [9.17, 15) is 0 Å². The van der Waals surface area contributed by atoms with Gasteiger partial charge in [-0.05, 0) is 0 Å². The quantitative estimate of drug-likeness (QED) is 0.199. The molecule has 21 heteroatoms. The summed E-state index contributed by atoms with van der Waals surface area (Å²) in [5, 5.41) is 0. The van der Waals surface area contributed by atoms with Gasteiger partial charge in [0.15, 0.2) is 0 Å². The standard InChI is InChI=1S/6Na.3H2O4S/c;;;;;;3*1-5(2,3)4/h;;;;;;3*(H2,1,2,3,4)/q6*+1;;;/p-6. The van der Waals surface area contributed by atoms with Crippen LogP contribution in [0.1, 0.15) is 0 Å². The molecule has 0 N–H and O–H groups in total. The second-order valence-electron chi connectivity index (χ2n) is 1.22. The largest absolute Gasteiger partial charge is 1.00 e. The van der Waals surface area contributed by atoms with Crippen molar-refractivity contribution in [3.63, 3.8) is 0 Å². The molecular weight excluding hydrogens is 426 g/mol. The van der Waals surface area contributed by atoms with Gasteiger partial charge in [0, 0.05) is 31.2 Å². The fourth-order valence-electron chi connectivity index (χ4n) is 0. The second-order valence-corrected chi connectivity index (χ2v) is 3.67. The molecule has 0 saturated carbocycles. The van der Waals surface area contributed by atoms with Gasteiger partial charge in [-0.1, -0.05) is 0 Å². The Hall–Kier alpha value is 5.61. The van der Waals surface area contributed by atoms with Crippen molar-refractivity contribution in [1.82, 2.24) is 0 Å². The van der Waals surface area contributed by atoms with Gasteiger partial charge in [0.1, 0.15) is 0 Å². The van der Waals surface area contributed by atoms with Crippen LogP contribution in [0.4, 0.5) is 0 Å². The van der Waals surface area contributed by atoms with Crippen molar-refractivity contribution in [2.45, 2.75) is 0 Å². The Labute approximate surface area is 255 Å². The van der Waals surface area contributed by atoms with Crippen LogP contribution in [-0.4, -0.2) is 52.6 Å². The number of hydrogen-bond donors (Lipinski definition) is 0. The molecule has 0 aliphatic carbocycles. The van der Waals surface area contributed by atoms with Crippen molar-refractivity contribution in [3.8, 4) is 0 Å². The van der Waals surface area contributed by atoms with Crippen LogP contribution in [-0.2, 0) is 31.2 Å². The molecule has 0 aromatic heterocycles. The Kier molecular flexibility index (Phi) is 74.6. The maximum absolute atomic E-state index is 8.52. The molecule has 0 aliphatic rings. The van der Waals surface area contributed by atoms with Gasteiger partial charge < -0.3 is 27.3 Å². The first-order chi connectivity index (χ1) is 6.00. The van der Waals surface area contributed by atoms with E-state index in [4.69, 9.17) is 52.6 Å². The predicted molar refractivity (Wildman–Crippen MR) is 31.4 cm³/mol. The molecule has 0 spiro atoms. The van der Waals surface area contributed by atoms with Crippen LogP contribution >= 0.6 is 0 Å². The normalized spacial score (nSPS) is 8.29. The second kappa shape index (κ2) is 27.8. The Bertz CT molecular complexity index is 350. The monoisotopic (exact) mass is 426 g/mol. The fraction of sp³-hybridized carbons (Fsp3) is 0. The minimum atomic E-state index is -5.17. The number of rotatable bonds is 0. The summed E-state index contributed by atoms with van der Waals surface area (Å²) in [6, 6.07) is 0. The summed E-state index contributed by atoms with van der Waals surface area (Å²) in [6.07, 6.45) is 0. The summed E-state index contributed by atoms with van der Waals surface area (Å²) in [4.78, 5) is 0. The molecular formula is Na6O12S3. The van der Waals surface area contributed by atoms with E-state index >= 15 is 0 Å². The molecule has 0 rings (SSSR count). The summed E-state index contributed by atoms with van der Waals surface area (Å²) in [5.74, 6) is 0. The van der Waals surface area contributed by atoms with E-state index < -0.39 is 31.2 Å². The Morgan fingerprint density at radius 3 is 0.333 bits per heavy atom. The van der Waals surface area contributed by atoms with E-state index in [2.05, 4.69) is 0 Å². The van der Waals surface area contributed by atoms with Crippen LogP contribution in [0.5, 0.6) is 0 Å². The van der Waals surface area contributed by atoms with Crippen LogP contribution in [0.25, 0.3) is 0 Å². The number of hydrogen-bond acceptors (Lipinski definition) is 12. The average Bonchev–Trinajstić information content (AvgIpc) is 1.41. The third-order valence-electron chi connectivity index (χ3n) is 0. The van der Waals surface area contributed by atoms with Crippen LogP contribution in [0.15, 0.2) is 0 Å². The van der Waals surface area contributed by atoms with Gasteiger partial charge in [-0.15, -0.1) is 0 Å². The summed E-state index contributed by atoms with van der Waals surface area (Å²) >= 11 is 0. The summed E-state index contributed by atoms with van der Waals surface area (Å²) in [7, 11) is -15.5. The average molecular weight is 426 g/mol.